The lowest BCUT2D eigenvalue weighted by Gasteiger charge is -2.32. The number of hydrogen-bond donors (Lipinski definition) is 2. The van der Waals surface area contributed by atoms with Crippen molar-refractivity contribution >= 4 is 0 Å². The van der Waals surface area contributed by atoms with E-state index in [9.17, 15) is 0 Å². The third-order valence-electron chi connectivity index (χ3n) is 1.95. The zero-order valence-corrected chi connectivity index (χ0v) is 7.08. The predicted molar refractivity (Wildman–Crippen MR) is 44.2 cm³/mol. The summed E-state index contributed by atoms with van der Waals surface area (Å²) in [6, 6.07) is 0. The average molecular weight is 159 g/mol. The summed E-state index contributed by atoms with van der Waals surface area (Å²) in [5, 5.41) is 10.7. The third-order valence-corrected chi connectivity index (χ3v) is 1.95. The fourth-order valence-corrected chi connectivity index (χ4v) is 1.17. The number of aliphatic hydroxyl groups excluding tert-OH is 1. The Bertz CT molecular complexity index is 99.1. The Hall–Kier alpha value is -0.160. The van der Waals surface area contributed by atoms with Crippen molar-refractivity contribution in [3.63, 3.8) is 0 Å². The fraction of sp³-hybridized carbons (Fsp3) is 1.00. The van der Waals surface area contributed by atoms with E-state index < -0.39 is 0 Å². The molecule has 4 heteroatoms. The van der Waals surface area contributed by atoms with Gasteiger partial charge in [0.2, 0.25) is 0 Å². The van der Waals surface area contributed by atoms with E-state index in [-0.39, 0.29) is 6.61 Å². The normalized spacial score (nSPS) is 22.4. The van der Waals surface area contributed by atoms with Crippen molar-refractivity contribution in [2.45, 2.75) is 0 Å². The summed E-state index contributed by atoms with van der Waals surface area (Å²) in [6.07, 6.45) is 0. The van der Waals surface area contributed by atoms with Gasteiger partial charge in [-0.2, -0.15) is 0 Å². The molecule has 0 aromatic rings. The Morgan fingerprint density at radius 1 is 1.27 bits per heavy atom. The number of nitrogens with one attached hydrogen (secondary N) is 1. The number of aliphatic hydroxyl groups is 1. The van der Waals surface area contributed by atoms with Crippen molar-refractivity contribution in [1.82, 2.24) is 15.3 Å². The number of nitrogens with zero attached hydrogens (tertiary/aromatic N) is 2. The summed E-state index contributed by atoms with van der Waals surface area (Å²) in [7, 11) is 2.13. The first kappa shape index (κ1) is 8.93. The molecule has 1 aliphatic rings. The molecule has 0 amide bonds. The first-order chi connectivity index (χ1) is 5.33. The lowest BCUT2D eigenvalue weighted by Crippen LogP contribution is -2.51. The molecule has 0 saturated carbocycles. The highest BCUT2D eigenvalue weighted by molar-refractivity contribution is 4.65. The molecule has 0 spiro atoms. The monoisotopic (exact) mass is 159 g/mol. The zero-order chi connectivity index (χ0) is 8.10. The molecule has 1 saturated heterocycles. The van der Waals surface area contributed by atoms with E-state index >= 15 is 0 Å². The molecule has 0 radical (unpaired) electrons. The maximum atomic E-state index is 8.55. The Kier molecular flexibility index (Phi) is 3.79. The number of rotatable bonds is 3. The smallest absolute Gasteiger partial charge is 0.0570 e. The van der Waals surface area contributed by atoms with Crippen molar-refractivity contribution in [3.05, 3.63) is 0 Å². The van der Waals surface area contributed by atoms with Gasteiger partial charge in [0.15, 0.2) is 0 Å². The van der Waals surface area contributed by atoms with Crippen LogP contribution in [0.3, 0.4) is 0 Å². The molecule has 4 nitrogen and oxygen atoms in total. The third kappa shape index (κ3) is 3.16. The van der Waals surface area contributed by atoms with Crippen molar-refractivity contribution in [2.75, 3.05) is 46.4 Å². The largest absolute Gasteiger partial charge is 0.395 e. The highest BCUT2D eigenvalue weighted by Gasteiger charge is 2.11. The van der Waals surface area contributed by atoms with Gasteiger partial charge in [-0.1, -0.05) is 0 Å². The van der Waals surface area contributed by atoms with Crippen LogP contribution >= 0.6 is 0 Å². The van der Waals surface area contributed by atoms with Crippen LogP contribution in [-0.2, 0) is 0 Å². The van der Waals surface area contributed by atoms with Crippen molar-refractivity contribution in [3.8, 4) is 0 Å². The quantitative estimate of drug-likeness (QED) is 0.538. The highest BCUT2D eigenvalue weighted by Crippen LogP contribution is 1.94. The van der Waals surface area contributed by atoms with Crippen LogP contribution in [0.15, 0.2) is 0 Å². The first-order valence-electron chi connectivity index (χ1n) is 4.11. The molecule has 11 heavy (non-hydrogen) atoms. The summed E-state index contributed by atoms with van der Waals surface area (Å²) in [5.41, 5.74) is 3.15. The minimum absolute atomic E-state index is 0.215. The van der Waals surface area contributed by atoms with Crippen LogP contribution in [0.5, 0.6) is 0 Å². The molecule has 0 aromatic heterocycles. The molecule has 1 rings (SSSR count). The van der Waals surface area contributed by atoms with Gasteiger partial charge in [-0.3, -0.25) is 5.43 Å². The number of likely N-dealkylation sites (N-methyl/N-ethyl adjacent to an activating group) is 1. The molecular weight excluding hydrogens is 142 g/mol. The Morgan fingerprint density at radius 3 is 2.45 bits per heavy atom. The van der Waals surface area contributed by atoms with E-state index in [0.717, 1.165) is 26.2 Å². The van der Waals surface area contributed by atoms with E-state index in [2.05, 4.69) is 22.4 Å². The van der Waals surface area contributed by atoms with Gasteiger partial charge in [0.05, 0.1) is 6.61 Å². The molecule has 66 valence electrons. The van der Waals surface area contributed by atoms with Crippen molar-refractivity contribution in [2.24, 2.45) is 0 Å². The van der Waals surface area contributed by atoms with Crippen LogP contribution in [0.4, 0.5) is 0 Å². The SMILES string of the molecule is CN1CCN(NCCO)CC1. The number of hydrogen-bond acceptors (Lipinski definition) is 4. The van der Waals surface area contributed by atoms with Gasteiger partial charge in [-0.05, 0) is 7.05 Å². The molecular formula is C7H17N3O. The van der Waals surface area contributed by atoms with Gasteiger partial charge >= 0.3 is 0 Å². The van der Waals surface area contributed by atoms with Crippen LogP contribution in [-0.4, -0.2) is 61.4 Å². The van der Waals surface area contributed by atoms with E-state index in [1.54, 1.807) is 0 Å². The molecule has 0 bridgehead atoms. The van der Waals surface area contributed by atoms with Gasteiger partial charge in [-0.25, -0.2) is 5.01 Å². The van der Waals surface area contributed by atoms with E-state index in [1.807, 2.05) is 0 Å². The molecule has 0 aromatic carbocycles. The summed E-state index contributed by atoms with van der Waals surface area (Å²) >= 11 is 0. The lowest BCUT2D eigenvalue weighted by atomic mass is 10.4. The summed E-state index contributed by atoms with van der Waals surface area (Å²) in [6.45, 7) is 5.21. The van der Waals surface area contributed by atoms with Gasteiger partial charge < -0.3 is 10.0 Å². The van der Waals surface area contributed by atoms with Gasteiger partial charge in [0.25, 0.3) is 0 Å². The second-order valence-electron chi connectivity index (χ2n) is 2.92. The second kappa shape index (κ2) is 4.66. The minimum Gasteiger partial charge on any atom is -0.395 e. The first-order valence-corrected chi connectivity index (χ1v) is 4.11. The van der Waals surface area contributed by atoms with Crippen LogP contribution < -0.4 is 5.43 Å². The van der Waals surface area contributed by atoms with Crippen LogP contribution in [0.25, 0.3) is 0 Å². The Morgan fingerprint density at radius 2 is 1.91 bits per heavy atom. The standard InChI is InChI=1S/C7H17N3O/c1-9-3-5-10(6-4-9)8-2-7-11/h8,11H,2-7H2,1H3. The topological polar surface area (TPSA) is 38.7 Å². The van der Waals surface area contributed by atoms with Crippen LogP contribution in [0.2, 0.25) is 0 Å². The van der Waals surface area contributed by atoms with E-state index in [0.29, 0.717) is 6.54 Å². The zero-order valence-electron chi connectivity index (χ0n) is 7.08. The molecule has 0 atom stereocenters. The molecule has 0 aliphatic carbocycles. The van der Waals surface area contributed by atoms with Crippen molar-refractivity contribution < 1.29 is 5.11 Å². The fourth-order valence-electron chi connectivity index (χ4n) is 1.17. The summed E-state index contributed by atoms with van der Waals surface area (Å²) in [5.74, 6) is 0. The Labute approximate surface area is 67.8 Å². The molecule has 1 aliphatic heterocycles. The summed E-state index contributed by atoms with van der Waals surface area (Å²) in [4.78, 5) is 2.30. The van der Waals surface area contributed by atoms with Gasteiger partial charge in [0, 0.05) is 32.7 Å². The molecule has 1 heterocycles. The van der Waals surface area contributed by atoms with Crippen LogP contribution in [0, 0.1) is 0 Å². The number of piperazine rings is 1. The highest BCUT2D eigenvalue weighted by atomic mass is 16.3. The molecule has 1 fully saturated rings. The van der Waals surface area contributed by atoms with E-state index in [1.165, 1.54) is 0 Å². The van der Waals surface area contributed by atoms with Crippen molar-refractivity contribution in [1.29, 1.82) is 0 Å². The molecule has 0 unspecified atom stereocenters. The van der Waals surface area contributed by atoms with Crippen LogP contribution in [0.1, 0.15) is 0 Å². The van der Waals surface area contributed by atoms with E-state index in [4.69, 9.17) is 5.11 Å². The molecule has 2 N–H and O–H groups in total. The van der Waals surface area contributed by atoms with Gasteiger partial charge in [0.1, 0.15) is 0 Å². The maximum absolute atomic E-state index is 8.55. The number of hydrazine groups is 1. The minimum atomic E-state index is 0.215. The lowest BCUT2D eigenvalue weighted by molar-refractivity contribution is 0.0959. The average Bonchev–Trinajstić information content (AvgIpc) is 2.04. The second-order valence-corrected chi connectivity index (χ2v) is 2.92. The Balaban J connectivity index is 2.07. The maximum Gasteiger partial charge on any atom is 0.0570 e. The summed E-state index contributed by atoms with van der Waals surface area (Å²) < 4.78 is 0. The van der Waals surface area contributed by atoms with Gasteiger partial charge in [-0.15, -0.1) is 0 Å². The predicted octanol–water partition coefficient (Wildman–Crippen LogP) is -1.27.